The molecule has 8 bridgehead atoms. The minimum absolute atomic E-state index is 0.0342. The fraction of sp³-hybridized carbons (Fsp3) is 0.902. The average Bonchev–Trinajstić information content (AvgIpc) is 3.19. The SMILES string of the molecule is CCC(C)(C)C(=O)OC(C)C(F)(F)F.CCC(C)(C)C(=O)OC12CC3CC(C1)OC(=O)C(C3)C2.CCC(C)(C)C(=O)OC12CC3CC(CC(C3)C1)C2. The first-order valence-corrected chi connectivity index (χ1v) is 19.8. The Morgan fingerprint density at radius 1 is 0.654 bits per heavy atom. The summed E-state index contributed by atoms with van der Waals surface area (Å²) in [5, 5.41) is 0. The maximum absolute atomic E-state index is 12.4. The van der Waals surface area contributed by atoms with Crippen molar-refractivity contribution in [2.75, 3.05) is 0 Å². The van der Waals surface area contributed by atoms with E-state index in [1.165, 1.54) is 19.3 Å². The zero-order valence-electron chi connectivity index (χ0n) is 33.3. The van der Waals surface area contributed by atoms with Crippen LogP contribution in [0.25, 0.3) is 0 Å². The van der Waals surface area contributed by atoms with Gasteiger partial charge in [-0.15, -0.1) is 0 Å². The van der Waals surface area contributed by atoms with Gasteiger partial charge >= 0.3 is 30.1 Å². The van der Waals surface area contributed by atoms with Crippen LogP contribution in [-0.4, -0.2) is 53.5 Å². The molecule has 0 spiro atoms. The minimum atomic E-state index is -4.49. The number of carbonyl (C=O) groups is 4. The lowest BCUT2D eigenvalue weighted by atomic mass is 9.54. The molecule has 298 valence electrons. The third kappa shape index (κ3) is 9.85. The van der Waals surface area contributed by atoms with E-state index in [9.17, 15) is 32.3 Å². The largest absolute Gasteiger partial charge is 0.462 e. The average molecular weight is 743 g/mol. The van der Waals surface area contributed by atoms with E-state index >= 15 is 0 Å². The van der Waals surface area contributed by atoms with Gasteiger partial charge in [-0.1, -0.05) is 20.8 Å². The molecule has 2 aliphatic heterocycles. The summed E-state index contributed by atoms with van der Waals surface area (Å²) in [7, 11) is 0. The number of alkyl halides is 3. The van der Waals surface area contributed by atoms with Crippen molar-refractivity contribution in [3.8, 4) is 0 Å². The van der Waals surface area contributed by atoms with E-state index in [4.69, 9.17) is 14.2 Å². The van der Waals surface area contributed by atoms with Crippen molar-refractivity contribution in [3.05, 3.63) is 0 Å². The summed E-state index contributed by atoms with van der Waals surface area (Å²) in [6, 6.07) is 0. The van der Waals surface area contributed by atoms with Gasteiger partial charge in [0.15, 0.2) is 6.10 Å². The Morgan fingerprint density at radius 2 is 1.04 bits per heavy atom. The number of fused-ring (bicyclic) bond motifs is 1. The van der Waals surface area contributed by atoms with Gasteiger partial charge in [-0.3, -0.25) is 19.2 Å². The summed E-state index contributed by atoms with van der Waals surface area (Å²) in [6.45, 7) is 17.6. The number of hydrogen-bond donors (Lipinski definition) is 0. The number of ether oxygens (including phenoxy) is 4. The Hall–Kier alpha value is -2.33. The zero-order valence-corrected chi connectivity index (χ0v) is 33.3. The van der Waals surface area contributed by atoms with Crippen LogP contribution in [0, 0.1) is 45.8 Å². The Balaban J connectivity index is 0.000000178. The van der Waals surface area contributed by atoms with Crippen LogP contribution in [-0.2, 0) is 38.1 Å². The highest BCUT2D eigenvalue weighted by molar-refractivity contribution is 5.78. The molecule has 11 heteroatoms. The normalized spacial score (nSPS) is 33.8. The fourth-order valence-corrected chi connectivity index (χ4v) is 9.14. The monoisotopic (exact) mass is 742 g/mol. The van der Waals surface area contributed by atoms with Crippen molar-refractivity contribution >= 4 is 23.9 Å². The van der Waals surface area contributed by atoms with E-state index in [1.54, 1.807) is 20.8 Å². The quantitative estimate of drug-likeness (QED) is 0.170. The number of esters is 4. The molecule has 0 aromatic carbocycles. The minimum Gasteiger partial charge on any atom is -0.462 e. The molecule has 5 unspecified atom stereocenters. The second-order valence-electron chi connectivity index (χ2n) is 19.1. The van der Waals surface area contributed by atoms with Gasteiger partial charge in [-0.2, -0.15) is 13.2 Å². The molecule has 2 saturated heterocycles. The van der Waals surface area contributed by atoms with Crippen molar-refractivity contribution in [1.29, 1.82) is 0 Å². The molecule has 8 rings (SSSR count). The van der Waals surface area contributed by atoms with Gasteiger partial charge in [0.1, 0.15) is 17.3 Å². The topological polar surface area (TPSA) is 105 Å². The highest BCUT2D eigenvalue weighted by Gasteiger charge is 2.56. The molecule has 8 nitrogen and oxygen atoms in total. The molecule has 0 amide bonds. The van der Waals surface area contributed by atoms with E-state index in [2.05, 4.69) is 11.7 Å². The summed E-state index contributed by atoms with van der Waals surface area (Å²) < 4.78 is 57.9. The molecule has 0 N–H and O–H groups in total. The van der Waals surface area contributed by atoms with Gasteiger partial charge in [0, 0.05) is 12.8 Å². The molecule has 5 atom stereocenters. The predicted octanol–water partition coefficient (Wildman–Crippen LogP) is 9.69. The van der Waals surface area contributed by atoms with Crippen LogP contribution in [0.3, 0.4) is 0 Å². The van der Waals surface area contributed by atoms with Gasteiger partial charge in [0.2, 0.25) is 0 Å². The summed E-state index contributed by atoms with van der Waals surface area (Å²) >= 11 is 0. The Morgan fingerprint density at radius 3 is 1.44 bits per heavy atom. The van der Waals surface area contributed by atoms with Crippen molar-refractivity contribution in [2.45, 2.75) is 189 Å². The van der Waals surface area contributed by atoms with Gasteiger partial charge in [-0.25, -0.2) is 0 Å². The van der Waals surface area contributed by atoms with Gasteiger partial charge in [-0.05, 0) is 149 Å². The zero-order chi connectivity index (χ0) is 39.1. The van der Waals surface area contributed by atoms with Crippen LogP contribution in [0.1, 0.15) is 159 Å². The number of halogens is 3. The molecular weight excluding hydrogens is 677 g/mol. The second kappa shape index (κ2) is 15.4. The summed E-state index contributed by atoms with van der Waals surface area (Å²) in [4.78, 5) is 48.0. The summed E-state index contributed by atoms with van der Waals surface area (Å²) in [6.07, 6.45) is 7.21. The lowest BCUT2D eigenvalue weighted by molar-refractivity contribution is -0.221. The fourth-order valence-electron chi connectivity index (χ4n) is 9.14. The van der Waals surface area contributed by atoms with E-state index in [0.717, 1.165) is 76.0 Å². The lowest BCUT2D eigenvalue weighted by Gasteiger charge is -2.56. The third-order valence-electron chi connectivity index (χ3n) is 13.4. The molecule has 0 aromatic rings. The highest BCUT2D eigenvalue weighted by Crippen LogP contribution is 2.57. The Bertz CT molecular complexity index is 1280. The molecular formula is C41H65F3O8. The molecule has 6 aliphatic carbocycles. The van der Waals surface area contributed by atoms with Crippen molar-refractivity contribution in [3.63, 3.8) is 0 Å². The lowest BCUT2D eigenvalue weighted by Crippen LogP contribution is -2.53. The summed E-state index contributed by atoms with van der Waals surface area (Å²) in [5.74, 6) is 1.93. The van der Waals surface area contributed by atoms with E-state index < -0.39 is 34.7 Å². The molecule has 6 saturated carbocycles. The molecule has 8 fully saturated rings. The van der Waals surface area contributed by atoms with Gasteiger partial charge in [0.05, 0.1) is 22.2 Å². The van der Waals surface area contributed by atoms with E-state index in [-0.39, 0.29) is 40.9 Å². The first kappa shape index (κ1) is 42.4. The maximum Gasteiger partial charge on any atom is 0.425 e. The molecule has 52 heavy (non-hydrogen) atoms. The van der Waals surface area contributed by atoms with E-state index in [1.807, 2.05) is 34.6 Å². The first-order chi connectivity index (χ1) is 23.9. The smallest absolute Gasteiger partial charge is 0.425 e. The van der Waals surface area contributed by atoms with Crippen LogP contribution >= 0.6 is 0 Å². The van der Waals surface area contributed by atoms with Crippen molar-refractivity contribution < 1.29 is 51.3 Å². The van der Waals surface area contributed by atoms with Crippen LogP contribution in [0.15, 0.2) is 0 Å². The number of carbonyl (C=O) groups excluding carboxylic acids is 4. The first-order valence-electron chi connectivity index (χ1n) is 19.8. The molecule has 0 aromatic heterocycles. The third-order valence-corrected chi connectivity index (χ3v) is 13.4. The van der Waals surface area contributed by atoms with E-state index in [0.29, 0.717) is 25.2 Å². The summed E-state index contributed by atoms with van der Waals surface area (Å²) in [5.41, 5.74) is -2.16. The predicted molar refractivity (Wildman–Crippen MR) is 190 cm³/mol. The Labute approximate surface area is 309 Å². The number of rotatable bonds is 9. The highest BCUT2D eigenvalue weighted by atomic mass is 19.4. The van der Waals surface area contributed by atoms with Crippen LogP contribution < -0.4 is 0 Å². The van der Waals surface area contributed by atoms with Gasteiger partial charge < -0.3 is 18.9 Å². The van der Waals surface area contributed by atoms with Crippen LogP contribution in [0.4, 0.5) is 13.2 Å². The van der Waals surface area contributed by atoms with Crippen molar-refractivity contribution in [2.24, 2.45) is 45.8 Å². The second-order valence-corrected chi connectivity index (χ2v) is 19.1. The molecule has 8 aliphatic rings. The molecule has 0 radical (unpaired) electrons. The molecule has 2 heterocycles. The maximum atomic E-state index is 12.4. The Kier molecular flexibility index (Phi) is 12.6. The van der Waals surface area contributed by atoms with Gasteiger partial charge in [0.25, 0.3) is 0 Å². The number of hydrogen-bond acceptors (Lipinski definition) is 8. The van der Waals surface area contributed by atoms with Crippen LogP contribution in [0.2, 0.25) is 0 Å². The van der Waals surface area contributed by atoms with Crippen LogP contribution in [0.5, 0.6) is 0 Å². The standard InChI is InChI=1S/C16H24O4.C16H26O2.C9H15F3O2/c1-4-15(2,3)14(18)20-16-7-10-5-11(8-16)13(17)19-12(6-10)9-16;1-4-15(2,3)14(17)18-16-8-11-5-12(9-16)7-13(6-11)10-16;1-5-8(3,4)7(13)14-6(2)9(10,11)12/h10-12H,4-9H2,1-3H3;11-13H,4-10H2,1-3H3;6H,5H2,1-4H3. The van der Waals surface area contributed by atoms with Crippen molar-refractivity contribution in [1.82, 2.24) is 0 Å².